The zero-order valence-corrected chi connectivity index (χ0v) is 9.18. The SMILES string of the molecule is C=C(CC)CNCc1c(C)noc1C. The van der Waals surface area contributed by atoms with E-state index in [4.69, 9.17) is 4.52 Å². The standard InChI is InChI=1S/C11H18N2O/c1-5-8(2)6-12-7-11-9(3)13-14-10(11)4/h12H,2,5-7H2,1,3-4H3. The molecule has 1 N–H and O–H groups in total. The molecule has 1 heterocycles. The number of nitrogens with one attached hydrogen (secondary N) is 1. The molecule has 1 rings (SSSR count). The zero-order chi connectivity index (χ0) is 10.6. The van der Waals surface area contributed by atoms with Crippen molar-refractivity contribution in [2.75, 3.05) is 6.54 Å². The third-order valence-electron chi connectivity index (χ3n) is 2.36. The second kappa shape index (κ2) is 4.96. The molecule has 0 aliphatic rings. The summed E-state index contributed by atoms with van der Waals surface area (Å²) >= 11 is 0. The number of hydrogen-bond donors (Lipinski definition) is 1. The molecule has 0 amide bonds. The van der Waals surface area contributed by atoms with Crippen molar-refractivity contribution < 1.29 is 4.52 Å². The molecule has 1 aromatic rings. The van der Waals surface area contributed by atoms with Gasteiger partial charge < -0.3 is 9.84 Å². The minimum absolute atomic E-state index is 0.806. The normalized spacial score (nSPS) is 10.5. The van der Waals surface area contributed by atoms with Crippen molar-refractivity contribution in [3.63, 3.8) is 0 Å². The lowest BCUT2D eigenvalue weighted by atomic mass is 10.2. The first-order valence-electron chi connectivity index (χ1n) is 4.94. The number of hydrogen-bond acceptors (Lipinski definition) is 3. The van der Waals surface area contributed by atoms with E-state index >= 15 is 0 Å². The summed E-state index contributed by atoms with van der Waals surface area (Å²) in [6.45, 7) is 11.6. The molecule has 3 heteroatoms. The van der Waals surface area contributed by atoms with Gasteiger partial charge in [0.05, 0.1) is 5.69 Å². The molecule has 0 saturated heterocycles. The average molecular weight is 194 g/mol. The molecule has 14 heavy (non-hydrogen) atoms. The summed E-state index contributed by atoms with van der Waals surface area (Å²) in [6, 6.07) is 0. The van der Waals surface area contributed by atoms with Crippen molar-refractivity contribution >= 4 is 0 Å². The zero-order valence-electron chi connectivity index (χ0n) is 9.18. The quantitative estimate of drug-likeness (QED) is 0.731. The highest BCUT2D eigenvalue weighted by Crippen LogP contribution is 2.11. The number of aryl methyl sites for hydroxylation is 2. The van der Waals surface area contributed by atoms with Gasteiger partial charge in [0.1, 0.15) is 5.76 Å². The van der Waals surface area contributed by atoms with Crippen molar-refractivity contribution in [1.29, 1.82) is 0 Å². The van der Waals surface area contributed by atoms with Crippen LogP contribution >= 0.6 is 0 Å². The Kier molecular flexibility index (Phi) is 3.89. The van der Waals surface area contributed by atoms with E-state index < -0.39 is 0 Å². The Labute approximate surface area is 85.2 Å². The third kappa shape index (κ3) is 2.70. The summed E-state index contributed by atoms with van der Waals surface area (Å²) in [4.78, 5) is 0. The molecule has 1 aromatic heterocycles. The van der Waals surface area contributed by atoms with Gasteiger partial charge in [0.15, 0.2) is 0 Å². The highest BCUT2D eigenvalue weighted by atomic mass is 16.5. The fourth-order valence-corrected chi connectivity index (χ4v) is 1.24. The number of nitrogens with zero attached hydrogens (tertiary/aromatic N) is 1. The van der Waals surface area contributed by atoms with Crippen LogP contribution in [0.4, 0.5) is 0 Å². The molecule has 0 aliphatic carbocycles. The van der Waals surface area contributed by atoms with E-state index in [2.05, 4.69) is 24.0 Å². The Balaban J connectivity index is 2.42. The number of aromatic nitrogens is 1. The summed E-state index contributed by atoms with van der Waals surface area (Å²) in [5.74, 6) is 0.900. The van der Waals surface area contributed by atoms with E-state index in [1.807, 2.05) is 13.8 Å². The maximum Gasteiger partial charge on any atom is 0.138 e. The molecular formula is C11H18N2O. The topological polar surface area (TPSA) is 38.1 Å². The Hall–Kier alpha value is -1.09. The maximum absolute atomic E-state index is 5.07. The van der Waals surface area contributed by atoms with E-state index in [0.717, 1.165) is 36.5 Å². The molecule has 3 nitrogen and oxygen atoms in total. The first-order valence-corrected chi connectivity index (χ1v) is 4.94. The molecule has 0 aromatic carbocycles. The lowest BCUT2D eigenvalue weighted by Crippen LogP contribution is -2.16. The molecule has 0 bridgehead atoms. The fourth-order valence-electron chi connectivity index (χ4n) is 1.24. The summed E-state index contributed by atoms with van der Waals surface area (Å²) in [5.41, 5.74) is 3.35. The van der Waals surface area contributed by atoms with Crippen LogP contribution < -0.4 is 5.32 Å². The third-order valence-corrected chi connectivity index (χ3v) is 2.36. The molecule has 0 fully saturated rings. The Morgan fingerprint density at radius 2 is 2.21 bits per heavy atom. The maximum atomic E-state index is 5.07. The van der Waals surface area contributed by atoms with Crippen molar-refractivity contribution in [3.8, 4) is 0 Å². The van der Waals surface area contributed by atoms with Gasteiger partial charge in [-0.25, -0.2) is 0 Å². The molecule has 0 saturated carbocycles. The highest BCUT2D eigenvalue weighted by Gasteiger charge is 2.07. The molecule has 0 aliphatic heterocycles. The van der Waals surface area contributed by atoms with E-state index in [9.17, 15) is 0 Å². The van der Waals surface area contributed by atoms with Gasteiger partial charge in [0.2, 0.25) is 0 Å². The van der Waals surface area contributed by atoms with Crippen molar-refractivity contribution in [2.24, 2.45) is 0 Å². The van der Waals surface area contributed by atoms with Crippen LogP contribution in [0.3, 0.4) is 0 Å². The summed E-state index contributed by atoms with van der Waals surface area (Å²) in [7, 11) is 0. The molecule has 0 unspecified atom stereocenters. The average Bonchev–Trinajstić information content (AvgIpc) is 2.48. The van der Waals surface area contributed by atoms with Crippen LogP contribution in [0.25, 0.3) is 0 Å². The predicted molar refractivity (Wildman–Crippen MR) is 57.1 cm³/mol. The molecule has 0 radical (unpaired) electrons. The van der Waals surface area contributed by atoms with Crippen LogP contribution in [-0.2, 0) is 6.54 Å². The van der Waals surface area contributed by atoms with E-state index in [1.165, 1.54) is 5.57 Å². The lowest BCUT2D eigenvalue weighted by Gasteiger charge is -2.04. The monoisotopic (exact) mass is 194 g/mol. The fraction of sp³-hybridized carbons (Fsp3) is 0.545. The van der Waals surface area contributed by atoms with Gasteiger partial charge in [-0.05, 0) is 20.3 Å². The first kappa shape index (κ1) is 11.0. The van der Waals surface area contributed by atoms with Gasteiger partial charge in [0.25, 0.3) is 0 Å². The smallest absolute Gasteiger partial charge is 0.138 e. The van der Waals surface area contributed by atoms with Crippen LogP contribution in [0.15, 0.2) is 16.7 Å². The Bertz CT molecular complexity index is 296. The second-order valence-corrected chi connectivity index (χ2v) is 3.51. The highest BCUT2D eigenvalue weighted by molar-refractivity contribution is 5.20. The molecule has 0 spiro atoms. The van der Waals surface area contributed by atoms with Gasteiger partial charge in [-0.2, -0.15) is 0 Å². The summed E-state index contributed by atoms with van der Waals surface area (Å²) < 4.78 is 5.07. The van der Waals surface area contributed by atoms with E-state index in [-0.39, 0.29) is 0 Å². The molecular weight excluding hydrogens is 176 g/mol. The van der Waals surface area contributed by atoms with Crippen LogP contribution in [-0.4, -0.2) is 11.7 Å². The first-order chi connectivity index (χ1) is 6.65. The van der Waals surface area contributed by atoms with Crippen molar-refractivity contribution in [2.45, 2.75) is 33.7 Å². The van der Waals surface area contributed by atoms with Gasteiger partial charge in [-0.15, -0.1) is 0 Å². The largest absolute Gasteiger partial charge is 0.361 e. The Morgan fingerprint density at radius 3 is 2.71 bits per heavy atom. The molecule has 78 valence electrons. The van der Waals surface area contributed by atoms with Crippen LogP contribution in [0.5, 0.6) is 0 Å². The van der Waals surface area contributed by atoms with Gasteiger partial charge in [-0.3, -0.25) is 0 Å². The van der Waals surface area contributed by atoms with E-state index in [0.29, 0.717) is 0 Å². The van der Waals surface area contributed by atoms with Gasteiger partial charge in [0, 0.05) is 18.7 Å². The summed E-state index contributed by atoms with van der Waals surface area (Å²) in [6.07, 6.45) is 1.02. The summed E-state index contributed by atoms with van der Waals surface area (Å²) in [5, 5.41) is 7.22. The number of rotatable bonds is 5. The van der Waals surface area contributed by atoms with Crippen LogP contribution in [0, 0.1) is 13.8 Å². The Morgan fingerprint density at radius 1 is 1.50 bits per heavy atom. The minimum Gasteiger partial charge on any atom is -0.361 e. The van der Waals surface area contributed by atoms with Crippen molar-refractivity contribution in [1.82, 2.24) is 10.5 Å². The lowest BCUT2D eigenvalue weighted by molar-refractivity contribution is 0.392. The molecule has 0 atom stereocenters. The van der Waals surface area contributed by atoms with Crippen LogP contribution in [0.1, 0.15) is 30.4 Å². The van der Waals surface area contributed by atoms with E-state index in [1.54, 1.807) is 0 Å². The van der Waals surface area contributed by atoms with Crippen molar-refractivity contribution in [3.05, 3.63) is 29.2 Å². The van der Waals surface area contributed by atoms with Crippen LogP contribution in [0.2, 0.25) is 0 Å². The minimum atomic E-state index is 0.806. The van der Waals surface area contributed by atoms with Gasteiger partial charge >= 0.3 is 0 Å². The second-order valence-electron chi connectivity index (χ2n) is 3.51. The van der Waals surface area contributed by atoms with Gasteiger partial charge in [-0.1, -0.05) is 24.2 Å². The predicted octanol–water partition coefficient (Wildman–Crippen LogP) is 2.35.